The van der Waals surface area contributed by atoms with E-state index in [1.54, 1.807) is 0 Å². The van der Waals surface area contributed by atoms with Crippen LogP contribution in [-0.2, 0) is 17.8 Å². The van der Waals surface area contributed by atoms with Crippen molar-refractivity contribution in [2.24, 2.45) is 0 Å². The van der Waals surface area contributed by atoms with E-state index in [0.717, 1.165) is 37.2 Å². The fourth-order valence-electron chi connectivity index (χ4n) is 4.81. The molecular formula is C27H30N4O3. The Morgan fingerprint density at radius 2 is 2.00 bits per heavy atom. The molecule has 0 aliphatic carbocycles. The molecule has 5 rings (SSSR count). The largest absolute Gasteiger partial charge is 0.469 e. The third kappa shape index (κ3) is 4.61. The third-order valence-electron chi connectivity index (χ3n) is 6.77. The van der Waals surface area contributed by atoms with Crippen LogP contribution in [0.3, 0.4) is 0 Å². The summed E-state index contributed by atoms with van der Waals surface area (Å²) in [4.78, 5) is 25.8. The number of likely N-dealkylation sites (tertiary alicyclic amines) is 1. The summed E-state index contributed by atoms with van der Waals surface area (Å²) in [6, 6.07) is 15.5. The Hall–Kier alpha value is -3.45. The zero-order chi connectivity index (χ0) is 23.5. The molecule has 1 saturated heterocycles. The van der Waals surface area contributed by atoms with Gasteiger partial charge in [-0.25, -0.2) is 0 Å². The molecule has 0 unspecified atom stereocenters. The van der Waals surface area contributed by atoms with Gasteiger partial charge in [-0.1, -0.05) is 43.0 Å². The molecule has 176 valence electrons. The van der Waals surface area contributed by atoms with Gasteiger partial charge in [0.1, 0.15) is 6.61 Å². The van der Waals surface area contributed by atoms with E-state index in [1.165, 1.54) is 29.0 Å². The monoisotopic (exact) mass is 458 g/mol. The highest BCUT2D eigenvalue weighted by atomic mass is 16.5. The lowest BCUT2D eigenvalue weighted by Crippen LogP contribution is -2.33. The number of benzene rings is 2. The third-order valence-corrected chi connectivity index (χ3v) is 6.77. The maximum Gasteiger partial charge on any atom is 0.320 e. The number of anilines is 1. The molecule has 34 heavy (non-hydrogen) atoms. The zero-order valence-electron chi connectivity index (χ0n) is 19.6. The summed E-state index contributed by atoms with van der Waals surface area (Å²) in [7, 11) is 2.12. The molecule has 2 aliphatic rings. The first-order valence-corrected chi connectivity index (χ1v) is 11.9. The Morgan fingerprint density at radius 3 is 2.82 bits per heavy atom. The zero-order valence-corrected chi connectivity index (χ0v) is 19.6. The summed E-state index contributed by atoms with van der Waals surface area (Å²) in [6.07, 6.45) is 4.27. The van der Waals surface area contributed by atoms with E-state index >= 15 is 0 Å². The molecule has 0 amide bonds. The Balaban J connectivity index is 1.43. The van der Waals surface area contributed by atoms with Gasteiger partial charge in [0, 0.05) is 29.2 Å². The lowest BCUT2D eigenvalue weighted by atomic mass is 10.0. The van der Waals surface area contributed by atoms with Crippen molar-refractivity contribution < 1.29 is 14.3 Å². The number of hydrogen-bond acceptors (Lipinski definition) is 7. The predicted molar refractivity (Wildman–Crippen MR) is 133 cm³/mol. The van der Waals surface area contributed by atoms with Crippen molar-refractivity contribution >= 4 is 22.2 Å². The van der Waals surface area contributed by atoms with Crippen molar-refractivity contribution in [1.29, 1.82) is 0 Å². The first-order valence-electron chi connectivity index (χ1n) is 11.9. The highest BCUT2D eigenvalue weighted by Gasteiger charge is 2.26. The van der Waals surface area contributed by atoms with Crippen molar-refractivity contribution in [3.63, 3.8) is 0 Å². The number of carbonyl (C=O) groups is 1. The average Bonchev–Trinajstić information content (AvgIpc) is 3.29. The van der Waals surface area contributed by atoms with E-state index in [2.05, 4.69) is 70.9 Å². The van der Waals surface area contributed by atoms with Gasteiger partial charge >= 0.3 is 6.01 Å². The Kier molecular flexibility index (Phi) is 6.45. The number of rotatable bonds is 8. The van der Waals surface area contributed by atoms with E-state index in [4.69, 9.17) is 14.5 Å². The van der Waals surface area contributed by atoms with Crippen molar-refractivity contribution in [2.75, 3.05) is 38.3 Å². The van der Waals surface area contributed by atoms with Crippen LogP contribution in [0.1, 0.15) is 24.1 Å². The lowest BCUT2D eigenvalue weighted by molar-refractivity contribution is -0.116. The maximum absolute atomic E-state index is 11.8. The Labute approximate surface area is 200 Å². The quantitative estimate of drug-likeness (QED) is 0.476. The number of aromatic nitrogens is 2. The van der Waals surface area contributed by atoms with Gasteiger partial charge in [0.15, 0.2) is 12.4 Å². The van der Waals surface area contributed by atoms with Gasteiger partial charge in [-0.05, 0) is 50.4 Å². The van der Waals surface area contributed by atoms with Gasteiger partial charge < -0.3 is 19.3 Å². The van der Waals surface area contributed by atoms with Crippen LogP contribution in [0.15, 0.2) is 55.1 Å². The second kappa shape index (κ2) is 9.81. The Morgan fingerprint density at radius 1 is 1.15 bits per heavy atom. The molecular weight excluding hydrogens is 428 g/mol. The number of fused-ring (bicyclic) bond motifs is 2. The van der Waals surface area contributed by atoms with Gasteiger partial charge in [0.05, 0.1) is 12.2 Å². The normalized spacial score (nSPS) is 18.0. The van der Waals surface area contributed by atoms with Crippen LogP contribution in [0.4, 0.5) is 5.69 Å². The molecule has 0 bridgehead atoms. The number of nitrogens with zero attached hydrogens (tertiary/aromatic N) is 4. The summed E-state index contributed by atoms with van der Waals surface area (Å²) in [5.41, 5.74) is 3.01. The van der Waals surface area contributed by atoms with Gasteiger partial charge in [-0.2, -0.15) is 9.97 Å². The van der Waals surface area contributed by atoms with E-state index in [1.807, 2.05) is 0 Å². The summed E-state index contributed by atoms with van der Waals surface area (Å²) >= 11 is 0. The van der Waals surface area contributed by atoms with Gasteiger partial charge in [0.2, 0.25) is 5.88 Å². The molecule has 3 heterocycles. The van der Waals surface area contributed by atoms with Crippen LogP contribution in [0.5, 0.6) is 11.9 Å². The van der Waals surface area contributed by atoms with Crippen LogP contribution in [-0.4, -0.2) is 60.0 Å². The molecule has 7 nitrogen and oxygen atoms in total. The molecule has 0 spiro atoms. The SMILES string of the molecule is C=CC(=O)COc1nc(OC[C@@H]2CCCN2C)nc2c1CCN(c1cccc3ccccc13)C2. The molecule has 1 aromatic heterocycles. The van der Waals surface area contributed by atoms with Crippen molar-refractivity contribution in [3.8, 4) is 11.9 Å². The molecule has 0 radical (unpaired) electrons. The van der Waals surface area contributed by atoms with E-state index < -0.39 is 0 Å². The fraction of sp³-hybridized carbons (Fsp3) is 0.370. The smallest absolute Gasteiger partial charge is 0.320 e. The van der Waals surface area contributed by atoms with E-state index in [0.29, 0.717) is 31.1 Å². The minimum Gasteiger partial charge on any atom is -0.469 e. The summed E-state index contributed by atoms with van der Waals surface area (Å²) in [6.45, 7) is 6.48. The van der Waals surface area contributed by atoms with Gasteiger partial charge in [-0.15, -0.1) is 0 Å². The van der Waals surface area contributed by atoms with Crippen LogP contribution < -0.4 is 14.4 Å². The number of ketones is 1. The second-order valence-electron chi connectivity index (χ2n) is 8.95. The summed E-state index contributed by atoms with van der Waals surface area (Å²) in [5.74, 6) is 0.253. The minimum atomic E-state index is -0.185. The topological polar surface area (TPSA) is 67.8 Å². The van der Waals surface area contributed by atoms with Gasteiger partial charge in [-0.3, -0.25) is 4.79 Å². The summed E-state index contributed by atoms with van der Waals surface area (Å²) in [5, 5.41) is 2.43. The highest BCUT2D eigenvalue weighted by Crippen LogP contribution is 2.33. The lowest BCUT2D eigenvalue weighted by Gasteiger charge is -2.31. The standard InChI is InChI=1S/C27H30N4O3/c1-3-21(32)18-33-26-23-13-15-31(25-12-6-9-19-8-4-5-11-22(19)25)16-24(23)28-27(29-26)34-17-20-10-7-14-30(20)2/h3-6,8-9,11-12,20H,1,7,10,13-18H2,2H3/t20-/m0/s1. The van der Waals surface area contributed by atoms with Gasteiger partial charge in [0.25, 0.3) is 0 Å². The fourth-order valence-corrected chi connectivity index (χ4v) is 4.81. The van der Waals surface area contributed by atoms with Crippen LogP contribution in [0, 0.1) is 0 Å². The van der Waals surface area contributed by atoms with Crippen molar-refractivity contribution in [2.45, 2.75) is 31.8 Å². The molecule has 1 fully saturated rings. The van der Waals surface area contributed by atoms with E-state index in [-0.39, 0.29) is 12.4 Å². The average molecular weight is 459 g/mol. The molecule has 7 heteroatoms. The predicted octanol–water partition coefficient (Wildman–Crippen LogP) is 3.80. The first-order chi connectivity index (χ1) is 16.6. The second-order valence-corrected chi connectivity index (χ2v) is 8.95. The van der Waals surface area contributed by atoms with Crippen molar-refractivity contribution in [3.05, 3.63) is 66.4 Å². The molecule has 2 aromatic carbocycles. The number of ether oxygens (including phenoxy) is 2. The molecule has 0 saturated carbocycles. The molecule has 2 aliphatic heterocycles. The number of likely N-dealkylation sites (N-methyl/N-ethyl adjacent to an activating group) is 1. The number of hydrogen-bond donors (Lipinski definition) is 0. The van der Waals surface area contributed by atoms with Crippen LogP contribution in [0.2, 0.25) is 0 Å². The van der Waals surface area contributed by atoms with E-state index in [9.17, 15) is 4.79 Å². The Bertz CT molecular complexity index is 1210. The van der Waals surface area contributed by atoms with Crippen LogP contribution >= 0.6 is 0 Å². The van der Waals surface area contributed by atoms with Crippen molar-refractivity contribution in [1.82, 2.24) is 14.9 Å². The minimum absolute atomic E-state index is 0.0925. The first kappa shape index (κ1) is 22.3. The molecule has 1 atom stereocenters. The highest BCUT2D eigenvalue weighted by molar-refractivity contribution is 5.94. The molecule has 0 N–H and O–H groups in total. The summed E-state index contributed by atoms with van der Waals surface area (Å²) < 4.78 is 11.9. The molecule has 3 aromatic rings. The maximum atomic E-state index is 11.8. The van der Waals surface area contributed by atoms with Crippen LogP contribution in [0.25, 0.3) is 10.8 Å². The number of carbonyl (C=O) groups excluding carboxylic acids is 1.